The van der Waals surface area contributed by atoms with Crippen molar-refractivity contribution in [2.75, 3.05) is 7.11 Å². The van der Waals surface area contributed by atoms with Crippen molar-refractivity contribution in [2.45, 2.75) is 13.0 Å². The van der Waals surface area contributed by atoms with Gasteiger partial charge in [-0.25, -0.2) is 0 Å². The van der Waals surface area contributed by atoms with Gasteiger partial charge in [-0.1, -0.05) is 0 Å². The van der Waals surface area contributed by atoms with Crippen LogP contribution in [0.1, 0.15) is 16.9 Å². The van der Waals surface area contributed by atoms with Gasteiger partial charge in [-0.2, -0.15) is 5.10 Å². The first-order valence-corrected chi connectivity index (χ1v) is 9.41. The zero-order valence-corrected chi connectivity index (χ0v) is 17.2. The number of hydrazine groups is 1. The molecule has 0 aliphatic heterocycles. The summed E-state index contributed by atoms with van der Waals surface area (Å²) in [4.78, 5) is 26.8. The van der Waals surface area contributed by atoms with Crippen molar-refractivity contribution in [1.29, 1.82) is 0 Å². The van der Waals surface area contributed by atoms with Gasteiger partial charge >= 0.3 is 0 Å². The Kier molecular flexibility index (Phi) is 6.26. The van der Waals surface area contributed by atoms with Gasteiger partial charge in [-0.05, 0) is 58.5 Å². The highest BCUT2D eigenvalue weighted by molar-refractivity contribution is 9.10. The summed E-state index contributed by atoms with van der Waals surface area (Å²) in [6.07, 6.45) is 1.73. The maximum absolute atomic E-state index is 12.1. The molecule has 1 aromatic carbocycles. The summed E-state index contributed by atoms with van der Waals surface area (Å²) in [5, 5.41) is 6.97. The third-order valence-electron chi connectivity index (χ3n) is 3.88. The highest BCUT2D eigenvalue weighted by Gasteiger charge is 2.12. The number of aromatic nitrogens is 4. The Bertz CT molecular complexity index is 1040. The molecule has 28 heavy (non-hydrogen) atoms. The van der Waals surface area contributed by atoms with Gasteiger partial charge in [-0.15, -0.1) is 0 Å². The van der Waals surface area contributed by atoms with Crippen LogP contribution in [0.25, 0.3) is 11.4 Å². The third kappa shape index (κ3) is 4.67. The Hall–Kier alpha value is -2.92. The standard InChI is InChI=1S/C17H17BrN6O3S/c1-27-12-4-2-10(3-5-12)15-21-23-17(28)24(15)7-6-14(25)20-22-16(26)13-8-11(18)9-19-13/h2-5,8-9,19H,6-7H2,1H3,(H,20,25)(H,22,26)(H,23,28). The van der Waals surface area contributed by atoms with Crippen LogP contribution in [0.15, 0.2) is 41.0 Å². The molecule has 146 valence electrons. The van der Waals surface area contributed by atoms with Crippen LogP contribution in [-0.2, 0) is 11.3 Å². The van der Waals surface area contributed by atoms with Crippen LogP contribution in [0.2, 0.25) is 0 Å². The SMILES string of the molecule is COc1ccc(-c2n[nH]c(=S)n2CCC(=O)NNC(=O)c2cc(Br)c[nH]2)cc1. The van der Waals surface area contributed by atoms with Crippen LogP contribution in [0.3, 0.4) is 0 Å². The number of nitrogens with one attached hydrogen (secondary N) is 4. The minimum absolute atomic E-state index is 0.103. The van der Waals surface area contributed by atoms with Gasteiger partial charge in [0.1, 0.15) is 11.4 Å². The molecule has 0 saturated heterocycles. The van der Waals surface area contributed by atoms with Gasteiger partial charge in [0.2, 0.25) is 5.91 Å². The average Bonchev–Trinajstić information content (AvgIpc) is 3.30. The number of hydrogen-bond donors (Lipinski definition) is 4. The number of carbonyl (C=O) groups excluding carboxylic acids is 2. The van der Waals surface area contributed by atoms with Gasteiger partial charge in [0.25, 0.3) is 5.91 Å². The maximum Gasteiger partial charge on any atom is 0.286 e. The number of nitrogens with zero attached hydrogens (tertiary/aromatic N) is 2. The van der Waals surface area contributed by atoms with Crippen LogP contribution in [-0.4, -0.2) is 38.7 Å². The molecule has 2 aromatic heterocycles. The smallest absolute Gasteiger partial charge is 0.286 e. The number of carbonyl (C=O) groups is 2. The van der Waals surface area contributed by atoms with E-state index in [0.29, 0.717) is 22.8 Å². The second kappa shape index (κ2) is 8.85. The molecule has 0 atom stereocenters. The highest BCUT2D eigenvalue weighted by atomic mass is 79.9. The fraction of sp³-hybridized carbons (Fsp3) is 0.176. The molecule has 0 radical (unpaired) electrons. The highest BCUT2D eigenvalue weighted by Crippen LogP contribution is 2.21. The van der Waals surface area contributed by atoms with E-state index in [9.17, 15) is 9.59 Å². The van der Waals surface area contributed by atoms with Crippen molar-refractivity contribution in [2.24, 2.45) is 0 Å². The van der Waals surface area contributed by atoms with Crippen molar-refractivity contribution < 1.29 is 14.3 Å². The summed E-state index contributed by atoms with van der Waals surface area (Å²) in [7, 11) is 1.59. The molecule has 0 spiro atoms. The van der Waals surface area contributed by atoms with Crippen molar-refractivity contribution in [3.8, 4) is 17.1 Å². The molecule has 3 aromatic rings. The largest absolute Gasteiger partial charge is 0.497 e. The molecule has 2 heterocycles. The molecule has 9 nitrogen and oxygen atoms in total. The summed E-state index contributed by atoms with van der Waals surface area (Å²) in [5.41, 5.74) is 5.89. The molecule has 4 N–H and O–H groups in total. The molecule has 0 saturated carbocycles. The number of rotatable bonds is 6. The van der Waals surface area contributed by atoms with Gasteiger partial charge in [0.15, 0.2) is 10.6 Å². The predicted molar refractivity (Wildman–Crippen MR) is 108 cm³/mol. The molecule has 2 amide bonds. The number of halogens is 1. The lowest BCUT2D eigenvalue weighted by molar-refractivity contribution is -0.122. The fourth-order valence-electron chi connectivity index (χ4n) is 2.45. The lowest BCUT2D eigenvalue weighted by Gasteiger charge is -2.09. The van der Waals surface area contributed by atoms with E-state index in [0.717, 1.165) is 15.8 Å². The molecule has 0 aliphatic rings. The Labute approximate surface area is 173 Å². The maximum atomic E-state index is 12.1. The van der Waals surface area contributed by atoms with E-state index >= 15 is 0 Å². The lowest BCUT2D eigenvalue weighted by atomic mass is 10.2. The van der Waals surface area contributed by atoms with E-state index in [1.54, 1.807) is 23.9 Å². The number of H-pyrrole nitrogens is 2. The third-order valence-corrected chi connectivity index (χ3v) is 4.65. The summed E-state index contributed by atoms with van der Waals surface area (Å²) in [6, 6.07) is 8.95. The van der Waals surface area contributed by atoms with E-state index in [4.69, 9.17) is 17.0 Å². The summed E-state index contributed by atoms with van der Waals surface area (Å²) in [5.74, 6) is 0.537. The molecule has 0 unspecified atom stereocenters. The Morgan fingerprint density at radius 3 is 2.68 bits per heavy atom. The molecule has 0 aliphatic carbocycles. The predicted octanol–water partition coefficient (Wildman–Crippen LogP) is 2.56. The molecule has 0 bridgehead atoms. The first-order chi connectivity index (χ1) is 13.5. The zero-order valence-electron chi connectivity index (χ0n) is 14.8. The van der Waals surface area contributed by atoms with Crippen LogP contribution in [0.5, 0.6) is 5.75 Å². The molecule has 0 fully saturated rings. The van der Waals surface area contributed by atoms with Gasteiger partial charge in [0, 0.05) is 29.2 Å². The summed E-state index contributed by atoms with van der Waals surface area (Å²) < 4.78 is 8.02. The molecular weight excluding hydrogens is 448 g/mol. The number of amides is 2. The average molecular weight is 465 g/mol. The monoisotopic (exact) mass is 464 g/mol. The summed E-state index contributed by atoms with van der Waals surface area (Å²) in [6.45, 7) is 0.298. The lowest BCUT2D eigenvalue weighted by Crippen LogP contribution is -2.42. The van der Waals surface area contributed by atoms with Crippen LogP contribution in [0.4, 0.5) is 0 Å². The normalized spacial score (nSPS) is 10.5. The summed E-state index contributed by atoms with van der Waals surface area (Å²) >= 11 is 8.50. The Balaban J connectivity index is 1.59. The number of hydrogen-bond acceptors (Lipinski definition) is 5. The second-order valence-corrected chi connectivity index (χ2v) is 7.02. The molecule has 3 rings (SSSR count). The Morgan fingerprint density at radius 2 is 2.04 bits per heavy atom. The van der Waals surface area contributed by atoms with Crippen molar-refractivity contribution in [3.05, 3.63) is 51.5 Å². The van der Waals surface area contributed by atoms with E-state index in [1.165, 1.54) is 0 Å². The van der Waals surface area contributed by atoms with E-state index in [2.05, 4.69) is 42.0 Å². The second-order valence-electron chi connectivity index (χ2n) is 5.72. The first-order valence-electron chi connectivity index (χ1n) is 8.20. The van der Waals surface area contributed by atoms with Gasteiger partial charge in [0.05, 0.1) is 7.11 Å². The van der Waals surface area contributed by atoms with Crippen LogP contribution >= 0.6 is 28.1 Å². The minimum Gasteiger partial charge on any atom is -0.497 e. The van der Waals surface area contributed by atoms with Crippen molar-refractivity contribution >= 4 is 40.0 Å². The van der Waals surface area contributed by atoms with Crippen LogP contribution in [0, 0.1) is 4.77 Å². The minimum atomic E-state index is -0.446. The van der Waals surface area contributed by atoms with E-state index in [1.807, 2.05) is 24.3 Å². The van der Waals surface area contributed by atoms with E-state index in [-0.39, 0.29) is 12.3 Å². The number of methoxy groups -OCH3 is 1. The van der Waals surface area contributed by atoms with Gasteiger partial charge < -0.3 is 9.72 Å². The first kappa shape index (κ1) is 19.8. The Morgan fingerprint density at radius 1 is 1.29 bits per heavy atom. The molecule has 11 heteroatoms. The van der Waals surface area contributed by atoms with Crippen molar-refractivity contribution in [1.82, 2.24) is 30.6 Å². The zero-order chi connectivity index (χ0) is 20.1. The van der Waals surface area contributed by atoms with E-state index < -0.39 is 5.91 Å². The number of aromatic amines is 2. The number of ether oxygens (including phenoxy) is 1. The fourth-order valence-corrected chi connectivity index (χ4v) is 3.02. The quantitative estimate of drug-likeness (QED) is 0.330. The molecular formula is C17H17BrN6O3S. The number of benzene rings is 1. The topological polar surface area (TPSA) is 117 Å². The van der Waals surface area contributed by atoms with Crippen molar-refractivity contribution in [3.63, 3.8) is 0 Å². The van der Waals surface area contributed by atoms with Gasteiger partial charge in [-0.3, -0.25) is 30.1 Å². The van der Waals surface area contributed by atoms with Crippen LogP contribution < -0.4 is 15.6 Å².